The van der Waals surface area contributed by atoms with Gasteiger partial charge in [0, 0.05) is 25.7 Å². The van der Waals surface area contributed by atoms with E-state index in [0.29, 0.717) is 32.1 Å². The number of carbonyl (C=O) groups is 4. The SMILES string of the molecule is CCCCC/C=C\C/C=C\C/C=C\C/C=C\CCCC(=O)O[C@H](COC(=O)CCCCCCCCCCCCCCC)COP(=O)(O)OC[C@H](O)COP(=O)(O)OC[C@@H](COC(=O)CCCCCCC/C=C\CCCCCC)OC(=O)CCCCCCC/C=C\CCCCCC. The Morgan fingerprint density at radius 1 is 0.292 bits per heavy atom. The van der Waals surface area contributed by atoms with Gasteiger partial charge in [0.1, 0.15) is 19.3 Å². The van der Waals surface area contributed by atoms with E-state index in [1.807, 2.05) is 12.2 Å². The summed E-state index contributed by atoms with van der Waals surface area (Å²) >= 11 is 0. The molecule has 0 heterocycles. The van der Waals surface area contributed by atoms with E-state index in [9.17, 15) is 43.2 Å². The molecule has 0 aromatic heterocycles. The molecule has 558 valence electrons. The molecule has 0 saturated heterocycles. The zero-order chi connectivity index (χ0) is 70.4. The summed E-state index contributed by atoms with van der Waals surface area (Å²) in [7, 11) is -9.95. The molecule has 0 fully saturated rings. The molecule has 0 spiro atoms. The standard InChI is InChI=1S/C77H138O17P2/c1-5-9-13-17-21-25-29-33-34-35-36-40-44-48-52-56-60-64-77(82)94-73(68-88-75(80)62-58-54-50-46-42-38-31-27-23-19-15-11-7-3)70-92-96(85,86)90-66-71(78)65-89-95(83,84)91-69-72(93-76(81)63-59-55-51-47-43-39-32-28-24-20-16-12-8-4)67-87-74(79)61-57-53-49-45-41-37-30-26-22-18-14-10-6-2/h21,25-26,28,30,32-34,36,40,48,52,71-73,78H,5-20,22-24,27,29,31,35,37-39,41-47,49-51,53-70H2,1-4H3,(H,83,84)(H,85,86)/b25-21-,30-26-,32-28-,34-33-,40-36-,52-48-/t71-,72-,73-/m1/s1. The highest BCUT2D eigenvalue weighted by Crippen LogP contribution is 2.45. The van der Waals surface area contributed by atoms with Crippen LogP contribution in [0.3, 0.4) is 0 Å². The van der Waals surface area contributed by atoms with Crippen LogP contribution in [0.25, 0.3) is 0 Å². The molecule has 17 nitrogen and oxygen atoms in total. The van der Waals surface area contributed by atoms with Crippen LogP contribution in [0.2, 0.25) is 0 Å². The van der Waals surface area contributed by atoms with Crippen molar-refractivity contribution in [3.8, 4) is 0 Å². The smallest absolute Gasteiger partial charge is 0.462 e. The number of aliphatic hydroxyl groups is 1. The van der Waals surface area contributed by atoms with Gasteiger partial charge in [-0.25, -0.2) is 9.13 Å². The second kappa shape index (κ2) is 70.0. The second-order valence-corrected chi connectivity index (χ2v) is 28.5. The molecule has 0 aliphatic rings. The summed E-state index contributed by atoms with van der Waals surface area (Å²) in [5, 5.41) is 10.6. The van der Waals surface area contributed by atoms with Gasteiger partial charge in [0.25, 0.3) is 0 Å². The summed E-state index contributed by atoms with van der Waals surface area (Å²) in [5.74, 6) is -2.24. The Bertz CT molecular complexity index is 2110. The van der Waals surface area contributed by atoms with Gasteiger partial charge in [0.2, 0.25) is 0 Å². The van der Waals surface area contributed by atoms with Crippen molar-refractivity contribution >= 4 is 39.5 Å². The fourth-order valence-corrected chi connectivity index (χ4v) is 11.8. The first-order valence-corrected chi connectivity index (χ1v) is 41.2. The summed E-state index contributed by atoms with van der Waals surface area (Å²) in [4.78, 5) is 72.7. The maximum absolute atomic E-state index is 13.1. The lowest BCUT2D eigenvalue weighted by Gasteiger charge is -2.21. The molecule has 3 N–H and O–H groups in total. The largest absolute Gasteiger partial charge is 0.472 e. The fraction of sp³-hybridized carbons (Fsp3) is 0.792. The fourth-order valence-electron chi connectivity index (χ4n) is 10.3. The maximum Gasteiger partial charge on any atom is 0.472 e. The molecule has 0 rings (SSSR count). The summed E-state index contributed by atoms with van der Waals surface area (Å²) in [6.45, 7) is 4.77. The monoisotopic (exact) mass is 1400 g/mol. The number of allylic oxidation sites excluding steroid dienone is 12. The van der Waals surface area contributed by atoms with Crippen molar-refractivity contribution in [1.82, 2.24) is 0 Å². The average molecular weight is 1400 g/mol. The molecule has 19 heteroatoms. The highest BCUT2D eigenvalue weighted by atomic mass is 31.2. The van der Waals surface area contributed by atoms with Crippen molar-refractivity contribution in [2.75, 3.05) is 39.6 Å². The Balaban J connectivity index is 5.38. The van der Waals surface area contributed by atoms with E-state index in [4.69, 9.17) is 37.0 Å². The molecule has 0 aromatic rings. The van der Waals surface area contributed by atoms with Crippen LogP contribution in [0, 0.1) is 0 Å². The lowest BCUT2D eigenvalue weighted by atomic mass is 10.0. The van der Waals surface area contributed by atoms with Crippen LogP contribution in [-0.4, -0.2) is 96.7 Å². The summed E-state index contributed by atoms with van der Waals surface area (Å²) < 4.78 is 68.4. The van der Waals surface area contributed by atoms with Crippen LogP contribution in [0.1, 0.15) is 336 Å². The van der Waals surface area contributed by atoms with E-state index in [-0.39, 0.29) is 25.7 Å². The molecule has 0 radical (unpaired) electrons. The topological polar surface area (TPSA) is 237 Å². The minimum atomic E-state index is -4.98. The summed E-state index contributed by atoms with van der Waals surface area (Å²) in [5.41, 5.74) is 0. The molecule has 0 aromatic carbocycles. The van der Waals surface area contributed by atoms with E-state index < -0.39 is 97.5 Å². The molecule has 0 aliphatic carbocycles. The Morgan fingerprint density at radius 3 is 0.865 bits per heavy atom. The van der Waals surface area contributed by atoms with Gasteiger partial charge in [-0.1, -0.05) is 268 Å². The summed E-state index contributed by atoms with van der Waals surface area (Å²) in [6.07, 6.45) is 69.0. The maximum atomic E-state index is 13.1. The van der Waals surface area contributed by atoms with Gasteiger partial charge in [0.05, 0.1) is 26.4 Å². The Labute approximate surface area is 583 Å². The molecule has 0 aliphatic heterocycles. The van der Waals surface area contributed by atoms with Crippen LogP contribution in [0.15, 0.2) is 72.9 Å². The van der Waals surface area contributed by atoms with Crippen molar-refractivity contribution in [2.24, 2.45) is 0 Å². The third-order valence-electron chi connectivity index (χ3n) is 16.1. The average Bonchev–Trinajstić information content (AvgIpc) is 1.26. The van der Waals surface area contributed by atoms with E-state index in [1.165, 1.54) is 128 Å². The van der Waals surface area contributed by atoms with Gasteiger partial charge in [-0.3, -0.25) is 37.3 Å². The van der Waals surface area contributed by atoms with Crippen molar-refractivity contribution in [3.05, 3.63) is 72.9 Å². The van der Waals surface area contributed by atoms with Crippen LogP contribution in [-0.2, 0) is 65.4 Å². The van der Waals surface area contributed by atoms with Crippen LogP contribution >= 0.6 is 15.6 Å². The molecular weight excluding hydrogens is 1260 g/mol. The number of ether oxygens (including phenoxy) is 4. The number of unbranched alkanes of at least 4 members (excludes halogenated alkanes) is 34. The number of carbonyl (C=O) groups excluding carboxylic acids is 4. The van der Waals surface area contributed by atoms with Crippen LogP contribution in [0.4, 0.5) is 0 Å². The van der Waals surface area contributed by atoms with Gasteiger partial charge in [-0.15, -0.1) is 0 Å². The highest BCUT2D eigenvalue weighted by molar-refractivity contribution is 7.47. The zero-order valence-electron chi connectivity index (χ0n) is 60.8. The first-order chi connectivity index (χ1) is 46.7. The second-order valence-electron chi connectivity index (χ2n) is 25.6. The third-order valence-corrected chi connectivity index (χ3v) is 18.0. The van der Waals surface area contributed by atoms with E-state index in [0.717, 1.165) is 122 Å². The van der Waals surface area contributed by atoms with Crippen LogP contribution in [0.5, 0.6) is 0 Å². The lowest BCUT2D eigenvalue weighted by Crippen LogP contribution is -2.30. The molecule has 96 heavy (non-hydrogen) atoms. The van der Waals surface area contributed by atoms with Crippen LogP contribution < -0.4 is 0 Å². The van der Waals surface area contributed by atoms with Gasteiger partial charge in [-0.2, -0.15) is 0 Å². The minimum Gasteiger partial charge on any atom is -0.462 e. The molecular formula is C77H138O17P2. The van der Waals surface area contributed by atoms with E-state index in [2.05, 4.69) is 88.5 Å². The van der Waals surface area contributed by atoms with E-state index in [1.54, 1.807) is 0 Å². The minimum absolute atomic E-state index is 0.0227. The van der Waals surface area contributed by atoms with Crippen molar-refractivity contribution in [2.45, 2.75) is 354 Å². The number of hydrogen-bond acceptors (Lipinski definition) is 15. The van der Waals surface area contributed by atoms with E-state index >= 15 is 0 Å². The normalized spacial score (nSPS) is 14.4. The molecule has 0 amide bonds. The molecule has 5 atom stereocenters. The number of hydrogen-bond donors (Lipinski definition) is 3. The van der Waals surface area contributed by atoms with Gasteiger partial charge >= 0.3 is 39.5 Å². The molecule has 0 bridgehead atoms. The van der Waals surface area contributed by atoms with Crippen molar-refractivity contribution < 1.29 is 80.2 Å². The van der Waals surface area contributed by atoms with Crippen molar-refractivity contribution in [1.29, 1.82) is 0 Å². The molecule has 0 saturated carbocycles. The highest BCUT2D eigenvalue weighted by Gasteiger charge is 2.30. The predicted octanol–water partition coefficient (Wildman–Crippen LogP) is 21.7. The zero-order valence-corrected chi connectivity index (χ0v) is 62.6. The third kappa shape index (κ3) is 69.0. The predicted molar refractivity (Wildman–Crippen MR) is 390 cm³/mol. The number of phosphoric acid groups is 2. The number of aliphatic hydroxyl groups excluding tert-OH is 1. The first kappa shape index (κ1) is 92.5. The van der Waals surface area contributed by atoms with Crippen molar-refractivity contribution in [3.63, 3.8) is 0 Å². The molecule has 2 unspecified atom stereocenters. The first-order valence-electron chi connectivity index (χ1n) is 38.2. The number of rotatable bonds is 72. The van der Waals surface area contributed by atoms with Gasteiger partial charge in [-0.05, 0) is 116 Å². The Hall–Kier alpha value is -3.50. The van der Waals surface area contributed by atoms with Gasteiger partial charge < -0.3 is 33.8 Å². The number of esters is 4. The lowest BCUT2D eigenvalue weighted by molar-refractivity contribution is -0.161. The van der Waals surface area contributed by atoms with Gasteiger partial charge in [0.15, 0.2) is 12.2 Å². The Kier molecular flexibility index (Phi) is 67.4. The Morgan fingerprint density at radius 2 is 0.521 bits per heavy atom. The summed E-state index contributed by atoms with van der Waals surface area (Å²) in [6, 6.07) is 0. The quantitative estimate of drug-likeness (QED) is 0.0169. The number of phosphoric ester groups is 2.